The van der Waals surface area contributed by atoms with Crippen LogP contribution in [0.1, 0.15) is 20.8 Å². The highest BCUT2D eigenvalue weighted by Gasteiger charge is 2.41. The molecule has 1 heterocycles. The van der Waals surface area contributed by atoms with E-state index in [1.807, 2.05) is 24.3 Å². The Morgan fingerprint density at radius 1 is 1.11 bits per heavy atom. The smallest absolute Gasteiger partial charge is 0.360 e. The fraction of sp³-hybridized carbons (Fsp3) is 0.500. The van der Waals surface area contributed by atoms with Gasteiger partial charge in [0, 0.05) is 7.05 Å². The van der Waals surface area contributed by atoms with Crippen molar-refractivity contribution >= 4 is 19.4 Å². The third-order valence-electron chi connectivity index (χ3n) is 4.05. The molecule has 0 aliphatic rings. The number of aryl methyl sites for hydroxylation is 1. The summed E-state index contributed by atoms with van der Waals surface area (Å²) in [6.45, 7) is 10.8. The van der Waals surface area contributed by atoms with Crippen molar-refractivity contribution < 1.29 is 4.53 Å². The summed E-state index contributed by atoms with van der Waals surface area (Å²) in [6.07, 6.45) is 0. The average molecular weight is 278 g/mol. The molecule has 4 nitrogen and oxygen atoms in total. The van der Waals surface area contributed by atoms with Gasteiger partial charge in [-0.05, 0) is 30.3 Å². The van der Waals surface area contributed by atoms with Gasteiger partial charge in [-0.1, -0.05) is 32.9 Å². The number of benzene rings is 1. The standard InChI is InChI=1S/C14H22N2O2Si/c1-14(2,3)19(5,6)18-16-12-10-8-7-9-11(12)15(4)13(16)17/h7-10H,1-6H3. The molecule has 19 heavy (non-hydrogen) atoms. The van der Waals surface area contributed by atoms with Crippen LogP contribution in [0.4, 0.5) is 0 Å². The van der Waals surface area contributed by atoms with Gasteiger partial charge in [0.05, 0.1) is 5.52 Å². The van der Waals surface area contributed by atoms with Crippen molar-refractivity contribution in [3.05, 3.63) is 34.7 Å². The number of fused-ring (bicyclic) bond motifs is 1. The minimum atomic E-state index is -2.03. The lowest BCUT2D eigenvalue weighted by Gasteiger charge is -2.35. The fourth-order valence-electron chi connectivity index (χ4n) is 1.72. The van der Waals surface area contributed by atoms with E-state index >= 15 is 0 Å². The molecule has 0 atom stereocenters. The Bertz CT molecular complexity index is 662. The lowest BCUT2D eigenvalue weighted by molar-refractivity contribution is 0.248. The van der Waals surface area contributed by atoms with Gasteiger partial charge in [-0.3, -0.25) is 4.57 Å². The van der Waals surface area contributed by atoms with Crippen LogP contribution >= 0.6 is 0 Å². The van der Waals surface area contributed by atoms with Crippen LogP contribution < -0.4 is 10.2 Å². The molecule has 0 bridgehead atoms. The first kappa shape index (κ1) is 13.9. The Morgan fingerprint density at radius 3 is 2.16 bits per heavy atom. The molecule has 1 aromatic carbocycles. The monoisotopic (exact) mass is 278 g/mol. The van der Waals surface area contributed by atoms with Crippen molar-refractivity contribution in [1.82, 2.24) is 9.30 Å². The SMILES string of the molecule is Cn1c(=O)n(O[Si](C)(C)C(C)(C)C)c2ccccc21. The summed E-state index contributed by atoms with van der Waals surface area (Å²) in [5.74, 6) is 0. The molecular weight excluding hydrogens is 256 g/mol. The summed E-state index contributed by atoms with van der Waals surface area (Å²) in [5.41, 5.74) is 1.61. The van der Waals surface area contributed by atoms with E-state index in [-0.39, 0.29) is 10.7 Å². The van der Waals surface area contributed by atoms with Crippen molar-refractivity contribution in [2.45, 2.75) is 38.9 Å². The van der Waals surface area contributed by atoms with E-state index in [4.69, 9.17) is 4.53 Å². The Balaban J connectivity index is 2.59. The van der Waals surface area contributed by atoms with Crippen LogP contribution in [0.3, 0.4) is 0 Å². The number of para-hydroxylation sites is 2. The Kier molecular flexibility index (Phi) is 3.13. The summed E-state index contributed by atoms with van der Waals surface area (Å²) in [6, 6.07) is 7.71. The number of hydrogen-bond acceptors (Lipinski definition) is 2. The summed E-state index contributed by atoms with van der Waals surface area (Å²) < 4.78 is 9.25. The van der Waals surface area contributed by atoms with Crippen LogP contribution in [-0.4, -0.2) is 17.6 Å². The number of imidazole rings is 1. The van der Waals surface area contributed by atoms with Crippen LogP contribution in [0, 0.1) is 0 Å². The maximum Gasteiger partial charge on any atom is 0.360 e. The van der Waals surface area contributed by atoms with Crippen molar-refractivity contribution in [1.29, 1.82) is 0 Å². The second-order valence-corrected chi connectivity index (χ2v) is 11.2. The highest BCUT2D eigenvalue weighted by molar-refractivity contribution is 6.74. The number of nitrogens with zero attached hydrogens (tertiary/aromatic N) is 2. The molecule has 2 aromatic rings. The highest BCUT2D eigenvalue weighted by Crippen LogP contribution is 2.35. The van der Waals surface area contributed by atoms with E-state index in [2.05, 4.69) is 33.9 Å². The van der Waals surface area contributed by atoms with E-state index in [9.17, 15) is 4.79 Å². The molecule has 1 aromatic heterocycles. The van der Waals surface area contributed by atoms with E-state index in [1.54, 1.807) is 11.6 Å². The maximum atomic E-state index is 12.3. The molecule has 0 saturated heterocycles. The number of rotatable bonds is 2. The molecule has 5 heteroatoms. The summed E-state index contributed by atoms with van der Waals surface area (Å²) in [5, 5.41) is 0.0589. The van der Waals surface area contributed by atoms with Crippen LogP contribution in [0.25, 0.3) is 11.0 Å². The summed E-state index contributed by atoms with van der Waals surface area (Å²) in [4.78, 5) is 12.3. The van der Waals surface area contributed by atoms with Gasteiger partial charge in [0.1, 0.15) is 5.52 Å². The Labute approximate surface area is 114 Å². The van der Waals surface area contributed by atoms with Crippen LogP contribution in [0.15, 0.2) is 29.1 Å². The van der Waals surface area contributed by atoms with Gasteiger partial charge in [0.25, 0.3) is 8.32 Å². The summed E-state index contributed by atoms with van der Waals surface area (Å²) in [7, 11) is -0.257. The first-order valence-electron chi connectivity index (χ1n) is 6.51. The van der Waals surface area contributed by atoms with Crippen LogP contribution in [0.2, 0.25) is 18.1 Å². The fourth-order valence-corrected chi connectivity index (χ4v) is 2.62. The topological polar surface area (TPSA) is 36.2 Å². The maximum absolute atomic E-state index is 12.3. The minimum Gasteiger partial charge on any atom is -0.465 e. The van der Waals surface area contributed by atoms with Crippen molar-refractivity contribution in [3.63, 3.8) is 0 Å². The lowest BCUT2D eigenvalue weighted by atomic mass is 10.2. The van der Waals surface area contributed by atoms with Crippen molar-refractivity contribution in [3.8, 4) is 0 Å². The van der Waals surface area contributed by atoms with Gasteiger partial charge < -0.3 is 4.53 Å². The molecule has 0 N–H and O–H groups in total. The minimum absolute atomic E-state index is 0.0589. The summed E-state index contributed by atoms with van der Waals surface area (Å²) >= 11 is 0. The lowest BCUT2D eigenvalue weighted by Crippen LogP contribution is -2.50. The second kappa shape index (κ2) is 4.26. The van der Waals surface area contributed by atoms with E-state index in [0.717, 1.165) is 11.0 Å². The molecule has 0 aliphatic carbocycles. The van der Waals surface area contributed by atoms with E-state index in [0.29, 0.717) is 0 Å². The van der Waals surface area contributed by atoms with E-state index < -0.39 is 8.32 Å². The Morgan fingerprint density at radius 2 is 1.63 bits per heavy atom. The van der Waals surface area contributed by atoms with Gasteiger partial charge >= 0.3 is 5.69 Å². The zero-order chi connectivity index (χ0) is 14.4. The molecule has 0 amide bonds. The predicted molar refractivity (Wildman–Crippen MR) is 81.0 cm³/mol. The second-order valence-electron chi connectivity index (χ2n) is 6.48. The zero-order valence-corrected chi connectivity index (χ0v) is 13.5. The Hall–Kier alpha value is -1.49. The molecule has 0 saturated carbocycles. The number of aromatic nitrogens is 2. The van der Waals surface area contributed by atoms with Gasteiger partial charge in [0.2, 0.25) is 0 Å². The first-order chi connectivity index (χ1) is 8.65. The zero-order valence-electron chi connectivity index (χ0n) is 12.5. The van der Waals surface area contributed by atoms with Gasteiger partial charge in [-0.2, -0.15) is 0 Å². The molecule has 0 aliphatic heterocycles. The van der Waals surface area contributed by atoms with Gasteiger partial charge in [-0.15, -0.1) is 4.73 Å². The third kappa shape index (κ3) is 2.23. The first-order valence-corrected chi connectivity index (χ1v) is 9.42. The molecule has 0 spiro atoms. The van der Waals surface area contributed by atoms with Gasteiger partial charge in [-0.25, -0.2) is 4.79 Å². The largest absolute Gasteiger partial charge is 0.465 e. The number of hydrogen-bond donors (Lipinski definition) is 0. The van der Waals surface area contributed by atoms with E-state index in [1.165, 1.54) is 4.73 Å². The average Bonchev–Trinajstić information content (AvgIpc) is 2.54. The van der Waals surface area contributed by atoms with Crippen LogP contribution in [0.5, 0.6) is 0 Å². The quantitative estimate of drug-likeness (QED) is 0.792. The highest BCUT2D eigenvalue weighted by atomic mass is 28.4. The van der Waals surface area contributed by atoms with Crippen molar-refractivity contribution in [2.24, 2.45) is 7.05 Å². The van der Waals surface area contributed by atoms with Crippen molar-refractivity contribution in [2.75, 3.05) is 0 Å². The molecule has 0 fully saturated rings. The molecule has 0 radical (unpaired) electrons. The molecule has 104 valence electrons. The predicted octanol–water partition coefficient (Wildman–Crippen LogP) is 2.77. The molecule has 2 rings (SSSR count). The molecular formula is C14H22N2O2Si. The van der Waals surface area contributed by atoms with Gasteiger partial charge in [0.15, 0.2) is 0 Å². The third-order valence-corrected chi connectivity index (χ3v) is 8.30. The van der Waals surface area contributed by atoms with Crippen LogP contribution in [-0.2, 0) is 7.05 Å². The molecule has 0 unspecified atom stereocenters. The normalized spacial score (nSPS) is 12.9.